The average molecular weight is 391 g/mol. The normalized spacial score (nSPS) is 11.8. The molecule has 134 valence electrons. The number of rotatable bonds is 7. The van der Waals surface area contributed by atoms with Gasteiger partial charge in [0.1, 0.15) is 17.9 Å². The molecule has 0 spiro atoms. The lowest BCUT2D eigenvalue weighted by Gasteiger charge is -2.18. The molecule has 0 saturated heterocycles. The quantitative estimate of drug-likeness (QED) is 0.645. The van der Waals surface area contributed by atoms with E-state index < -0.39 is 0 Å². The van der Waals surface area contributed by atoms with Gasteiger partial charge >= 0.3 is 0 Å². The number of benzene rings is 2. The number of carbonyl (C=O) groups excluding carboxylic acids is 1. The Balaban J connectivity index is 1.65. The molecule has 3 aromatic rings. The third kappa shape index (κ3) is 5.21. The number of aromatic nitrogens is 3. The van der Waals surface area contributed by atoms with Crippen LogP contribution >= 0.6 is 23.2 Å². The van der Waals surface area contributed by atoms with Gasteiger partial charge in [0.25, 0.3) is 5.91 Å². The van der Waals surface area contributed by atoms with Crippen molar-refractivity contribution in [2.45, 2.75) is 12.5 Å². The van der Waals surface area contributed by atoms with E-state index in [2.05, 4.69) is 20.5 Å². The zero-order valence-corrected chi connectivity index (χ0v) is 15.2. The summed E-state index contributed by atoms with van der Waals surface area (Å²) in [5.41, 5.74) is 0.961. The number of nitrogens with one attached hydrogen (secondary N) is 2. The lowest BCUT2D eigenvalue weighted by Crippen LogP contribution is -2.34. The van der Waals surface area contributed by atoms with E-state index in [1.165, 1.54) is 6.33 Å². The summed E-state index contributed by atoms with van der Waals surface area (Å²) >= 11 is 11.9. The molecule has 26 heavy (non-hydrogen) atoms. The van der Waals surface area contributed by atoms with Gasteiger partial charge in [0.2, 0.25) is 0 Å². The van der Waals surface area contributed by atoms with Crippen LogP contribution in [0.5, 0.6) is 5.75 Å². The van der Waals surface area contributed by atoms with Crippen molar-refractivity contribution in [3.05, 3.63) is 76.3 Å². The Kier molecular flexibility index (Phi) is 6.09. The number of H-pyrrole nitrogens is 1. The summed E-state index contributed by atoms with van der Waals surface area (Å²) < 4.78 is 5.48. The maximum atomic E-state index is 12.4. The van der Waals surface area contributed by atoms with Crippen LogP contribution in [0.1, 0.15) is 17.4 Å². The fraction of sp³-hybridized carbons (Fsp3) is 0.167. The van der Waals surface area contributed by atoms with Crippen molar-refractivity contribution in [3.63, 3.8) is 0 Å². The molecule has 0 saturated carbocycles. The van der Waals surface area contributed by atoms with Gasteiger partial charge in [0, 0.05) is 16.5 Å². The van der Waals surface area contributed by atoms with Gasteiger partial charge in [-0.05, 0) is 23.8 Å². The van der Waals surface area contributed by atoms with E-state index in [-0.39, 0.29) is 18.6 Å². The van der Waals surface area contributed by atoms with E-state index in [1.807, 2.05) is 30.3 Å². The summed E-state index contributed by atoms with van der Waals surface area (Å²) in [4.78, 5) is 16.5. The van der Waals surface area contributed by atoms with Gasteiger partial charge in [-0.1, -0.05) is 53.5 Å². The first-order valence-electron chi connectivity index (χ1n) is 7.87. The highest BCUT2D eigenvalue weighted by atomic mass is 35.5. The first-order valence-corrected chi connectivity index (χ1v) is 8.63. The first kappa shape index (κ1) is 18.2. The topological polar surface area (TPSA) is 79.9 Å². The van der Waals surface area contributed by atoms with E-state index in [4.69, 9.17) is 27.9 Å². The fourth-order valence-corrected chi connectivity index (χ4v) is 2.96. The second-order valence-corrected chi connectivity index (χ2v) is 6.43. The summed E-state index contributed by atoms with van der Waals surface area (Å²) in [7, 11) is 0. The molecule has 3 rings (SSSR count). The lowest BCUT2D eigenvalue weighted by atomic mass is 10.0. The van der Waals surface area contributed by atoms with Gasteiger partial charge in [0.05, 0.1) is 6.04 Å². The summed E-state index contributed by atoms with van der Waals surface area (Å²) in [6.45, 7) is -0.156. The van der Waals surface area contributed by atoms with Crippen LogP contribution in [0.25, 0.3) is 0 Å². The van der Waals surface area contributed by atoms with Crippen molar-refractivity contribution in [3.8, 4) is 5.75 Å². The average Bonchev–Trinajstić information content (AvgIpc) is 3.12. The number of aromatic amines is 1. The van der Waals surface area contributed by atoms with Crippen molar-refractivity contribution in [1.29, 1.82) is 0 Å². The van der Waals surface area contributed by atoms with Gasteiger partial charge in [-0.2, -0.15) is 5.10 Å². The lowest BCUT2D eigenvalue weighted by molar-refractivity contribution is -0.123. The molecule has 8 heteroatoms. The Bertz CT molecular complexity index is 837. The van der Waals surface area contributed by atoms with Crippen LogP contribution in [0.3, 0.4) is 0 Å². The second-order valence-electron chi connectivity index (χ2n) is 5.56. The van der Waals surface area contributed by atoms with E-state index in [1.54, 1.807) is 18.2 Å². The van der Waals surface area contributed by atoms with Crippen LogP contribution in [0.15, 0.2) is 54.9 Å². The molecule has 1 aromatic heterocycles. The zero-order valence-electron chi connectivity index (χ0n) is 13.7. The van der Waals surface area contributed by atoms with Crippen LogP contribution in [0.2, 0.25) is 10.0 Å². The van der Waals surface area contributed by atoms with Crippen LogP contribution in [-0.4, -0.2) is 27.7 Å². The number of nitrogens with zero attached hydrogens (tertiary/aromatic N) is 2. The molecule has 0 aliphatic carbocycles. The van der Waals surface area contributed by atoms with E-state index in [9.17, 15) is 4.79 Å². The minimum absolute atomic E-state index is 0.156. The molecule has 0 aliphatic heterocycles. The Hall–Kier alpha value is -2.57. The molecule has 1 amide bonds. The summed E-state index contributed by atoms with van der Waals surface area (Å²) in [5.74, 6) is 0.848. The molecule has 1 heterocycles. The number of carbonyl (C=O) groups is 1. The summed E-state index contributed by atoms with van der Waals surface area (Å²) in [6, 6.07) is 14.2. The Morgan fingerprint density at radius 3 is 2.54 bits per heavy atom. The highest BCUT2D eigenvalue weighted by Crippen LogP contribution is 2.24. The largest absolute Gasteiger partial charge is 0.484 e. The third-order valence-corrected chi connectivity index (χ3v) is 4.04. The molecule has 0 fully saturated rings. The predicted molar refractivity (Wildman–Crippen MR) is 99.4 cm³/mol. The molecule has 0 bridgehead atoms. The maximum absolute atomic E-state index is 12.4. The van der Waals surface area contributed by atoms with Crippen molar-refractivity contribution >= 4 is 29.1 Å². The van der Waals surface area contributed by atoms with Gasteiger partial charge in [-0.25, -0.2) is 4.98 Å². The van der Waals surface area contributed by atoms with Crippen molar-refractivity contribution in [2.24, 2.45) is 0 Å². The monoisotopic (exact) mass is 390 g/mol. The van der Waals surface area contributed by atoms with Crippen molar-refractivity contribution in [1.82, 2.24) is 20.5 Å². The van der Waals surface area contributed by atoms with E-state index in [0.717, 1.165) is 5.56 Å². The fourth-order valence-electron chi connectivity index (χ4n) is 2.46. The zero-order chi connectivity index (χ0) is 18.4. The van der Waals surface area contributed by atoms with Crippen LogP contribution in [-0.2, 0) is 11.2 Å². The van der Waals surface area contributed by atoms with Gasteiger partial charge < -0.3 is 10.1 Å². The summed E-state index contributed by atoms with van der Waals surface area (Å²) in [5, 5.41) is 10.5. The number of ether oxygens (including phenoxy) is 1. The van der Waals surface area contributed by atoms with Gasteiger partial charge in [0.15, 0.2) is 6.61 Å². The standard InChI is InChI=1S/C18H16Cl2N4O2/c19-13-6-14(20)8-15(7-13)26-10-18(25)23-16(9-17-21-11-22-24-17)12-4-2-1-3-5-12/h1-8,11,16H,9-10H2,(H,23,25)(H,21,22,24)/t16-/m1/s1. The number of hydrogen-bond acceptors (Lipinski definition) is 4. The van der Waals surface area contributed by atoms with Crippen molar-refractivity contribution < 1.29 is 9.53 Å². The summed E-state index contributed by atoms with van der Waals surface area (Å²) in [6.07, 6.45) is 1.92. The van der Waals surface area contributed by atoms with Gasteiger partial charge in [-0.3, -0.25) is 9.89 Å². The SMILES string of the molecule is O=C(COc1cc(Cl)cc(Cl)c1)N[C@H](Cc1ncn[nH]1)c1ccccc1. The Morgan fingerprint density at radius 1 is 1.15 bits per heavy atom. The molecular weight excluding hydrogens is 375 g/mol. The van der Waals surface area contributed by atoms with Crippen LogP contribution < -0.4 is 10.1 Å². The molecule has 1 atom stereocenters. The smallest absolute Gasteiger partial charge is 0.258 e. The third-order valence-electron chi connectivity index (χ3n) is 3.61. The second kappa shape index (κ2) is 8.69. The maximum Gasteiger partial charge on any atom is 0.258 e. The molecule has 6 nitrogen and oxygen atoms in total. The molecule has 2 aromatic carbocycles. The molecule has 2 N–H and O–H groups in total. The van der Waals surface area contributed by atoms with Crippen LogP contribution in [0, 0.1) is 0 Å². The highest BCUT2D eigenvalue weighted by molar-refractivity contribution is 6.34. The van der Waals surface area contributed by atoms with Crippen LogP contribution in [0.4, 0.5) is 0 Å². The first-order chi connectivity index (χ1) is 12.6. The molecular formula is C18H16Cl2N4O2. The highest BCUT2D eigenvalue weighted by Gasteiger charge is 2.17. The minimum atomic E-state index is -0.269. The number of halogens is 2. The van der Waals surface area contributed by atoms with Crippen molar-refractivity contribution in [2.75, 3.05) is 6.61 Å². The van der Waals surface area contributed by atoms with E-state index >= 15 is 0 Å². The Labute approximate surface area is 160 Å². The Morgan fingerprint density at radius 2 is 1.88 bits per heavy atom. The van der Waals surface area contributed by atoms with Gasteiger partial charge in [-0.15, -0.1) is 0 Å². The molecule has 0 radical (unpaired) electrons. The van der Waals surface area contributed by atoms with E-state index in [0.29, 0.717) is 28.0 Å². The predicted octanol–water partition coefficient (Wildman–Crippen LogP) is 3.59. The molecule has 0 aliphatic rings. The minimum Gasteiger partial charge on any atom is -0.484 e. The molecule has 0 unspecified atom stereocenters. The number of amides is 1. The number of hydrogen-bond donors (Lipinski definition) is 2.